The summed E-state index contributed by atoms with van der Waals surface area (Å²) < 4.78 is 91.4. The molecule has 0 bridgehead atoms. The molecule has 212 valence electrons. The Balaban J connectivity index is 2.39. The van der Waals surface area contributed by atoms with Crippen LogP contribution in [-0.2, 0) is 30.1 Å². The van der Waals surface area contributed by atoms with Gasteiger partial charge in [0.15, 0.2) is 0 Å². The minimum absolute atomic E-state index is 0.0297. The average Bonchev–Trinajstić information content (AvgIpc) is 2.83. The largest absolute Gasteiger partial charge is 0.491 e. The molecule has 1 amide bonds. The average molecular weight is 586 g/mol. The molecule has 38 heavy (non-hydrogen) atoms. The van der Waals surface area contributed by atoms with Crippen LogP contribution >= 0.6 is 11.6 Å². The molecule has 0 spiro atoms. The Morgan fingerprint density at radius 2 is 1.89 bits per heavy atom. The highest BCUT2D eigenvalue weighted by molar-refractivity contribution is 7.85. The van der Waals surface area contributed by atoms with Crippen LogP contribution in [0.5, 0.6) is 17.4 Å². The van der Waals surface area contributed by atoms with E-state index >= 15 is 0 Å². The number of benzene rings is 1. The van der Waals surface area contributed by atoms with E-state index in [1.807, 2.05) is 0 Å². The van der Waals surface area contributed by atoms with E-state index in [1.54, 1.807) is 19.1 Å². The van der Waals surface area contributed by atoms with Crippen LogP contribution in [0.25, 0.3) is 0 Å². The van der Waals surface area contributed by atoms with E-state index in [-0.39, 0.29) is 44.5 Å². The van der Waals surface area contributed by atoms with Crippen molar-refractivity contribution in [3.05, 3.63) is 46.6 Å². The number of ether oxygens (including phenoxy) is 4. The van der Waals surface area contributed by atoms with Gasteiger partial charge in [-0.05, 0) is 19.1 Å². The summed E-state index contributed by atoms with van der Waals surface area (Å²) in [6.45, 7) is 1.87. The topological polar surface area (TPSA) is 134 Å². The maximum atomic E-state index is 13.0. The van der Waals surface area contributed by atoms with E-state index in [0.717, 1.165) is 0 Å². The van der Waals surface area contributed by atoms with E-state index in [4.69, 9.17) is 30.5 Å². The van der Waals surface area contributed by atoms with Crippen LogP contribution in [0.4, 0.5) is 18.0 Å². The Hall–Kier alpha value is -2.85. The van der Waals surface area contributed by atoms with Crippen molar-refractivity contribution in [2.45, 2.75) is 19.0 Å². The molecule has 16 heteroatoms. The van der Waals surface area contributed by atoms with Crippen molar-refractivity contribution in [2.75, 3.05) is 47.1 Å². The summed E-state index contributed by atoms with van der Waals surface area (Å²) in [5.74, 6) is -0.671. The molecule has 0 aliphatic rings. The zero-order valence-electron chi connectivity index (χ0n) is 20.6. The zero-order chi connectivity index (χ0) is 28.3. The van der Waals surface area contributed by atoms with Gasteiger partial charge in [0.2, 0.25) is 5.88 Å². The summed E-state index contributed by atoms with van der Waals surface area (Å²) in [4.78, 5) is 15.2. The third-order valence-corrected chi connectivity index (χ3v) is 5.87. The van der Waals surface area contributed by atoms with Crippen molar-refractivity contribution < 1.29 is 49.5 Å². The molecule has 0 saturated heterocycles. The molecular formula is C22H27ClF3N3O8S. The summed E-state index contributed by atoms with van der Waals surface area (Å²) in [6, 6.07) is 5.23. The lowest BCUT2D eigenvalue weighted by Crippen LogP contribution is -2.36. The molecule has 1 aromatic carbocycles. The number of aromatic nitrogens is 1. The van der Waals surface area contributed by atoms with Gasteiger partial charge in [-0.25, -0.2) is 9.78 Å². The highest BCUT2D eigenvalue weighted by atomic mass is 35.5. The van der Waals surface area contributed by atoms with Gasteiger partial charge >= 0.3 is 22.6 Å². The van der Waals surface area contributed by atoms with Crippen molar-refractivity contribution in [1.29, 1.82) is 0 Å². The number of amides is 1. The van der Waals surface area contributed by atoms with Gasteiger partial charge in [-0.2, -0.15) is 26.3 Å². The molecule has 1 unspecified atom stereocenters. The van der Waals surface area contributed by atoms with E-state index in [9.17, 15) is 26.4 Å². The monoisotopic (exact) mass is 585 g/mol. The summed E-state index contributed by atoms with van der Waals surface area (Å²) >= 11 is 6.01. The van der Waals surface area contributed by atoms with Crippen LogP contribution in [0, 0.1) is 0 Å². The molecule has 11 nitrogen and oxygen atoms in total. The number of halogens is 4. The molecule has 2 rings (SSSR count). The van der Waals surface area contributed by atoms with Crippen molar-refractivity contribution >= 4 is 28.0 Å². The second-order valence-corrected chi connectivity index (χ2v) is 9.28. The van der Waals surface area contributed by atoms with E-state index < -0.39 is 39.1 Å². The maximum absolute atomic E-state index is 13.0. The molecule has 0 aliphatic carbocycles. The SMILES string of the molecule is CCNC(=O)OS(=O)(=O)NCC(COC)c1ccc(OCCOC)cc1Oc1ncc(C(F)(F)F)cc1Cl. The molecule has 1 atom stereocenters. The lowest BCUT2D eigenvalue weighted by atomic mass is 9.99. The van der Waals surface area contributed by atoms with E-state index in [2.05, 4.69) is 19.2 Å². The normalized spacial score (nSPS) is 12.6. The zero-order valence-corrected chi connectivity index (χ0v) is 22.2. The van der Waals surface area contributed by atoms with E-state index in [1.165, 1.54) is 20.3 Å². The lowest BCUT2D eigenvalue weighted by molar-refractivity contribution is -0.137. The van der Waals surface area contributed by atoms with Gasteiger partial charge in [-0.1, -0.05) is 17.7 Å². The molecular weight excluding hydrogens is 559 g/mol. The van der Waals surface area contributed by atoms with Gasteiger partial charge in [0.1, 0.15) is 23.1 Å². The molecule has 2 aromatic rings. The Bertz CT molecular complexity index is 1180. The summed E-state index contributed by atoms with van der Waals surface area (Å²) in [5.41, 5.74) is -0.699. The van der Waals surface area contributed by atoms with Gasteiger partial charge in [0, 0.05) is 51.1 Å². The first-order valence-corrected chi connectivity index (χ1v) is 12.8. The Morgan fingerprint density at radius 3 is 2.50 bits per heavy atom. The van der Waals surface area contributed by atoms with Gasteiger partial charge in [-0.3, -0.25) is 0 Å². The number of pyridine rings is 1. The van der Waals surface area contributed by atoms with Crippen LogP contribution in [0.1, 0.15) is 24.0 Å². The predicted molar refractivity (Wildman–Crippen MR) is 130 cm³/mol. The molecule has 1 heterocycles. The first-order chi connectivity index (χ1) is 17.9. The van der Waals surface area contributed by atoms with Crippen molar-refractivity contribution in [2.24, 2.45) is 0 Å². The fourth-order valence-electron chi connectivity index (χ4n) is 3.00. The number of hydrogen-bond acceptors (Lipinski definition) is 9. The van der Waals surface area contributed by atoms with Gasteiger partial charge in [0.05, 0.1) is 18.8 Å². The summed E-state index contributed by atoms with van der Waals surface area (Å²) in [7, 11) is -1.61. The highest BCUT2D eigenvalue weighted by Gasteiger charge is 2.32. The third kappa shape index (κ3) is 9.79. The number of hydrogen-bond donors (Lipinski definition) is 2. The second-order valence-electron chi connectivity index (χ2n) is 7.51. The minimum atomic E-state index is -4.66. The summed E-state index contributed by atoms with van der Waals surface area (Å²) in [6.07, 6.45) is -5.25. The Labute approximate surface area is 222 Å². The van der Waals surface area contributed by atoms with Gasteiger partial charge in [0.25, 0.3) is 0 Å². The molecule has 1 aromatic heterocycles. The van der Waals surface area contributed by atoms with Gasteiger partial charge in [-0.15, -0.1) is 0 Å². The Morgan fingerprint density at radius 1 is 1.16 bits per heavy atom. The lowest BCUT2D eigenvalue weighted by Gasteiger charge is -2.21. The molecule has 2 N–H and O–H groups in total. The van der Waals surface area contributed by atoms with E-state index in [0.29, 0.717) is 23.6 Å². The van der Waals surface area contributed by atoms with Crippen molar-refractivity contribution in [1.82, 2.24) is 15.0 Å². The summed E-state index contributed by atoms with van der Waals surface area (Å²) in [5, 5.41) is 1.78. The molecule has 0 aliphatic heterocycles. The van der Waals surface area contributed by atoms with Crippen LogP contribution in [0.15, 0.2) is 30.5 Å². The number of nitrogens with zero attached hydrogens (tertiary/aromatic N) is 1. The Kier molecular flexibility index (Phi) is 11.8. The quantitative estimate of drug-likeness (QED) is 0.317. The second kappa shape index (κ2) is 14.3. The fourth-order valence-corrected chi connectivity index (χ4v) is 3.93. The number of rotatable bonds is 14. The first kappa shape index (κ1) is 31.4. The van der Waals surface area contributed by atoms with Crippen LogP contribution in [0.2, 0.25) is 5.02 Å². The minimum Gasteiger partial charge on any atom is -0.491 e. The standard InChI is InChI=1S/C22H27ClF3N3O8S/c1-4-27-21(30)37-38(31,32)29-11-14(13-34-3)17-6-5-16(35-8-7-33-2)10-19(17)36-20-18(23)9-15(12-28-20)22(24,25)26/h5-6,9-10,12,14,29H,4,7-8,11,13H2,1-3H3,(H,27,30). The smallest absolute Gasteiger partial charge is 0.423 e. The fraction of sp³-hybridized carbons (Fsp3) is 0.455. The van der Waals surface area contributed by atoms with Gasteiger partial charge < -0.3 is 28.4 Å². The number of carbonyl (C=O) groups excluding carboxylic acids is 1. The molecule has 0 saturated carbocycles. The maximum Gasteiger partial charge on any atom is 0.423 e. The first-order valence-electron chi connectivity index (χ1n) is 11.0. The predicted octanol–water partition coefficient (Wildman–Crippen LogP) is 3.88. The number of methoxy groups -OCH3 is 2. The highest BCUT2D eigenvalue weighted by Crippen LogP contribution is 2.38. The number of nitrogens with one attached hydrogen (secondary N) is 2. The van der Waals surface area contributed by atoms with Crippen LogP contribution in [-0.4, -0.2) is 66.6 Å². The number of alkyl halides is 3. The number of carbonyl (C=O) groups is 1. The molecule has 0 fully saturated rings. The third-order valence-electron chi connectivity index (χ3n) is 4.70. The van der Waals surface area contributed by atoms with Crippen molar-refractivity contribution in [3.8, 4) is 17.4 Å². The van der Waals surface area contributed by atoms with Crippen LogP contribution in [0.3, 0.4) is 0 Å². The molecule has 0 radical (unpaired) electrons. The van der Waals surface area contributed by atoms with Crippen LogP contribution < -0.4 is 19.5 Å². The van der Waals surface area contributed by atoms with Crippen molar-refractivity contribution in [3.63, 3.8) is 0 Å².